The van der Waals surface area contributed by atoms with Gasteiger partial charge in [0.2, 0.25) is 0 Å². The van der Waals surface area contributed by atoms with E-state index in [1.807, 2.05) is 48.5 Å². The normalized spacial score (nSPS) is 11.2. The predicted molar refractivity (Wildman–Crippen MR) is 103 cm³/mol. The molecule has 3 nitrogen and oxygen atoms in total. The number of benzene rings is 3. The molecule has 0 radical (unpaired) electrons. The first-order valence-electron chi connectivity index (χ1n) is 8.21. The Morgan fingerprint density at radius 2 is 1.62 bits per heavy atom. The molecule has 0 atom stereocenters. The summed E-state index contributed by atoms with van der Waals surface area (Å²) in [4.78, 5) is 2.69. The molecule has 0 amide bonds. The number of azo groups is 1. The quantitative estimate of drug-likeness (QED) is 0.376. The third-order valence-corrected chi connectivity index (χ3v) is 4.24. The lowest BCUT2D eigenvalue weighted by atomic mass is 10.1. The van der Waals surface area contributed by atoms with Gasteiger partial charge >= 0.3 is 0 Å². The largest absolute Gasteiger partial charge is 0.298 e. The molecular formula is C20H20ClN3. The Balaban J connectivity index is 1.85. The van der Waals surface area contributed by atoms with Gasteiger partial charge < -0.3 is 0 Å². The average molecular weight is 338 g/mol. The molecule has 3 aromatic carbocycles. The first kappa shape index (κ1) is 16.5. The molecule has 0 saturated heterocycles. The van der Waals surface area contributed by atoms with Gasteiger partial charge in [0.05, 0.1) is 17.1 Å². The summed E-state index contributed by atoms with van der Waals surface area (Å²) < 4.78 is 0. The van der Waals surface area contributed by atoms with Crippen molar-refractivity contribution in [1.82, 2.24) is 0 Å². The van der Waals surface area contributed by atoms with Crippen LogP contribution < -0.4 is 4.84 Å². The van der Waals surface area contributed by atoms with Crippen LogP contribution in [0.4, 0.5) is 17.1 Å². The summed E-state index contributed by atoms with van der Waals surface area (Å²) in [6.07, 6.45) is 3.54. The second kappa shape index (κ2) is 7.93. The van der Waals surface area contributed by atoms with E-state index >= 15 is 0 Å². The number of anilines is 1. The van der Waals surface area contributed by atoms with E-state index in [-0.39, 0.29) is 0 Å². The van der Waals surface area contributed by atoms with Crippen LogP contribution in [0.25, 0.3) is 10.8 Å². The van der Waals surface area contributed by atoms with E-state index < -0.39 is 0 Å². The summed E-state index contributed by atoms with van der Waals surface area (Å²) in [5.74, 6) is 0. The molecule has 4 heteroatoms. The summed E-state index contributed by atoms with van der Waals surface area (Å²) >= 11 is 5.78. The van der Waals surface area contributed by atoms with Gasteiger partial charge in [-0.2, -0.15) is 5.11 Å². The molecule has 0 aliphatic rings. The van der Waals surface area contributed by atoms with Crippen molar-refractivity contribution < 1.29 is 0 Å². The molecular weight excluding hydrogens is 318 g/mol. The molecule has 0 unspecified atom stereocenters. The van der Waals surface area contributed by atoms with Crippen molar-refractivity contribution in [3.63, 3.8) is 0 Å². The van der Waals surface area contributed by atoms with Gasteiger partial charge in [-0.15, -0.1) is 5.11 Å². The molecule has 0 bridgehead atoms. The SMILES string of the molecule is CCCCc1ccc(N=Nc2ccc(NCl)c3ccccc23)cc1. The minimum Gasteiger partial charge on any atom is -0.298 e. The van der Waals surface area contributed by atoms with Gasteiger partial charge in [-0.1, -0.05) is 49.7 Å². The van der Waals surface area contributed by atoms with Crippen molar-refractivity contribution in [2.45, 2.75) is 26.2 Å². The standard InChI is InChI=1S/C20H20ClN3/c1-2-3-6-15-9-11-16(12-10-15)23-24-20-14-13-19(22-21)17-7-4-5-8-18(17)20/h4-5,7-14,22H,2-3,6H2,1H3. The van der Waals surface area contributed by atoms with Crippen molar-refractivity contribution in [1.29, 1.82) is 0 Å². The van der Waals surface area contributed by atoms with Crippen LogP contribution in [0.1, 0.15) is 25.3 Å². The molecule has 3 rings (SSSR count). The fourth-order valence-corrected chi connectivity index (χ4v) is 2.84. The third kappa shape index (κ3) is 3.74. The van der Waals surface area contributed by atoms with Crippen LogP contribution >= 0.6 is 11.8 Å². The van der Waals surface area contributed by atoms with Gasteiger partial charge in [-0.05, 0) is 42.7 Å². The molecule has 0 fully saturated rings. The number of nitrogens with zero attached hydrogens (tertiary/aromatic N) is 2. The Labute approximate surface area is 147 Å². The van der Waals surface area contributed by atoms with Crippen molar-refractivity contribution in [3.8, 4) is 0 Å². The second-order valence-corrected chi connectivity index (χ2v) is 5.93. The highest BCUT2D eigenvalue weighted by molar-refractivity contribution is 6.26. The van der Waals surface area contributed by atoms with E-state index in [1.165, 1.54) is 18.4 Å². The van der Waals surface area contributed by atoms with Gasteiger partial charge in [0.15, 0.2) is 0 Å². The average Bonchev–Trinajstić information content (AvgIpc) is 2.65. The minimum atomic E-state index is 0.830. The maximum absolute atomic E-state index is 5.78. The zero-order chi connectivity index (χ0) is 16.8. The summed E-state index contributed by atoms with van der Waals surface area (Å²) in [5.41, 5.74) is 3.90. The van der Waals surface area contributed by atoms with Gasteiger partial charge in [0.25, 0.3) is 0 Å². The van der Waals surface area contributed by atoms with Gasteiger partial charge in [0.1, 0.15) is 0 Å². The highest BCUT2D eigenvalue weighted by Gasteiger charge is 2.04. The number of nitrogens with one attached hydrogen (secondary N) is 1. The number of hydrogen-bond acceptors (Lipinski definition) is 3. The van der Waals surface area contributed by atoms with Crippen molar-refractivity contribution >= 4 is 39.6 Å². The van der Waals surface area contributed by atoms with E-state index in [2.05, 4.69) is 34.1 Å². The third-order valence-electron chi connectivity index (χ3n) is 4.03. The number of aryl methyl sites for hydroxylation is 1. The summed E-state index contributed by atoms with van der Waals surface area (Å²) in [5, 5.41) is 10.8. The van der Waals surface area contributed by atoms with E-state index in [9.17, 15) is 0 Å². The molecule has 0 aromatic heterocycles. The van der Waals surface area contributed by atoms with Crippen LogP contribution in [0, 0.1) is 0 Å². The summed E-state index contributed by atoms with van der Waals surface area (Å²) in [7, 11) is 0. The van der Waals surface area contributed by atoms with E-state index in [4.69, 9.17) is 11.8 Å². The Hall–Kier alpha value is -2.39. The molecule has 0 saturated carbocycles. The van der Waals surface area contributed by atoms with Crippen LogP contribution in [0.3, 0.4) is 0 Å². The molecule has 0 spiro atoms. The number of hydrogen-bond donors (Lipinski definition) is 1. The fourth-order valence-electron chi connectivity index (χ4n) is 2.67. The van der Waals surface area contributed by atoms with E-state index in [0.717, 1.165) is 34.3 Å². The summed E-state index contributed by atoms with van der Waals surface area (Å²) in [6, 6.07) is 20.1. The molecule has 0 aliphatic heterocycles. The Morgan fingerprint density at radius 3 is 2.33 bits per heavy atom. The van der Waals surface area contributed by atoms with Crippen LogP contribution in [-0.2, 0) is 6.42 Å². The second-order valence-electron chi connectivity index (χ2n) is 5.74. The van der Waals surface area contributed by atoms with E-state index in [1.54, 1.807) is 0 Å². The van der Waals surface area contributed by atoms with Crippen molar-refractivity contribution in [2.75, 3.05) is 4.84 Å². The zero-order valence-electron chi connectivity index (χ0n) is 13.7. The lowest BCUT2D eigenvalue weighted by Crippen LogP contribution is -1.83. The Morgan fingerprint density at radius 1 is 0.875 bits per heavy atom. The molecule has 122 valence electrons. The number of fused-ring (bicyclic) bond motifs is 1. The molecule has 3 aromatic rings. The molecule has 0 aliphatic carbocycles. The topological polar surface area (TPSA) is 36.8 Å². The van der Waals surface area contributed by atoms with Gasteiger partial charge in [-0.3, -0.25) is 4.84 Å². The monoisotopic (exact) mass is 337 g/mol. The zero-order valence-corrected chi connectivity index (χ0v) is 14.4. The van der Waals surface area contributed by atoms with Gasteiger partial charge in [0, 0.05) is 22.5 Å². The number of halogens is 1. The maximum atomic E-state index is 5.78. The van der Waals surface area contributed by atoms with Gasteiger partial charge in [-0.25, -0.2) is 0 Å². The van der Waals surface area contributed by atoms with Crippen LogP contribution in [0.5, 0.6) is 0 Å². The highest BCUT2D eigenvalue weighted by Crippen LogP contribution is 2.33. The van der Waals surface area contributed by atoms with Crippen LogP contribution in [-0.4, -0.2) is 0 Å². The molecule has 24 heavy (non-hydrogen) atoms. The van der Waals surface area contributed by atoms with Crippen molar-refractivity contribution in [3.05, 3.63) is 66.2 Å². The number of unbranched alkanes of at least 4 members (excludes halogenated alkanes) is 1. The van der Waals surface area contributed by atoms with Crippen molar-refractivity contribution in [2.24, 2.45) is 10.2 Å². The highest BCUT2D eigenvalue weighted by atomic mass is 35.5. The van der Waals surface area contributed by atoms with Crippen LogP contribution in [0.15, 0.2) is 70.9 Å². The lowest BCUT2D eigenvalue weighted by molar-refractivity contribution is 0.795. The van der Waals surface area contributed by atoms with Crippen LogP contribution in [0.2, 0.25) is 0 Å². The Kier molecular flexibility index (Phi) is 5.44. The Bertz CT molecular complexity index is 841. The lowest BCUT2D eigenvalue weighted by Gasteiger charge is -2.06. The first-order valence-corrected chi connectivity index (χ1v) is 8.58. The van der Waals surface area contributed by atoms with E-state index in [0.29, 0.717) is 0 Å². The first-order chi connectivity index (χ1) is 11.8. The fraction of sp³-hybridized carbons (Fsp3) is 0.200. The summed E-state index contributed by atoms with van der Waals surface area (Å²) in [6.45, 7) is 2.21. The smallest absolute Gasteiger partial charge is 0.0936 e. The molecule has 0 heterocycles. The number of rotatable bonds is 6. The predicted octanol–water partition coefficient (Wildman–Crippen LogP) is 7.16. The molecule has 1 N–H and O–H groups in total. The minimum absolute atomic E-state index is 0.830. The maximum Gasteiger partial charge on any atom is 0.0936 e.